The van der Waals surface area contributed by atoms with Gasteiger partial charge in [0.05, 0.1) is 0 Å². The van der Waals surface area contributed by atoms with Gasteiger partial charge >= 0.3 is 0 Å². The van der Waals surface area contributed by atoms with Gasteiger partial charge < -0.3 is 9.64 Å². The lowest BCUT2D eigenvalue weighted by atomic mass is 10.1. The molecule has 1 aliphatic rings. The molecule has 0 N–H and O–H groups in total. The molecule has 0 radical (unpaired) electrons. The normalized spacial score (nSPS) is 18.0. The molecule has 0 spiro atoms. The molecule has 1 fully saturated rings. The van der Waals surface area contributed by atoms with Gasteiger partial charge in [-0.25, -0.2) is 4.98 Å². The van der Waals surface area contributed by atoms with Gasteiger partial charge in [-0.2, -0.15) is 4.98 Å². The molecule has 1 saturated heterocycles. The number of aryl methyl sites for hydroxylation is 1. The van der Waals surface area contributed by atoms with Crippen molar-refractivity contribution in [3.05, 3.63) is 16.5 Å². The van der Waals surface area contributed by atoms with Crippen LogP contribution in [0.25, 0.3) is 0 Å². The van der Waals surface area contributed by atoms with E-state index in [1.54, 1.807) is 0 Å². The first-order valence-electron chi connectivity index (χ1n) is 6.48. The van der Waals surface area contributed by atoms with Crippen LogP contribution >= 0.6 is 11.6 Å². The molecular weight excluding hydrogens is 250 g/mol. The highest BCUT2D eigenvalue weighted by atomic mass is 35.5. The second-order valence-corrected chi connectivity index (χ2v) is 5.19. The van der Waals surface area contributed by atoms with Crippen LogP contribution in [0.3, 0.4) is 0 Å². The van der Waals surface area contributed by atoms with Crippen molar-refractivity contribution in [1.29, 1.82) is 0 Å². The third-order valence-electron chi connectivity index (χ3n) is 3.35. The van der Waals surface area contributed by atoms with Crippen molar-refractivity contribution < 1.29 is 4.74 Å². The number of hydrogen-bond acceptors (Lipinski definition) is 4. The monoisotopic (exact) mass is 269 g/mol. The summed E-state index contributed by atoms with van der Waals surface area (Å²) in [6.07, 6.45) is 3.09. The molecular formula is C13H20ClN3O. The lowest BCUT2D eigenvalue weighted by molar-refractivity contribution is 0.109. The number of piperidine rings is 1. The molecule has 100 valence electrons. The van der Waals surface area contributed by atoms with Crippen LogP contribution in [0.5, 0.6) is 5.88 Å². The van der Waals surface area contributed by atoms with E-state index in [0.29, 0.717) is 11.0 Å². The van der Waals surface area contributed by atoms with Crippen molar-refractivity contribution in [3.63, 3.8) is 0 Å². The molecule has 0 aromatic carbocycles. The van der Waals surface area contributed by atoms with Crippen LogP contribution in [-0.2, 0) is 6.42 Å². The van der Waals surface area contributed by atoms with E-state index in [1.807, 2.05) is 13.8 Å². The van der Waals surface area contributed by atoms with Gasteiger partial charge in [-0.1, -0.05) is 18.5 Å². The maximum Gasteiger partial charge on any atom is 0.221 e. The van der Waals surface area contributed by atoms with Gasteiger partial charge in [-0.3, -0.25) is 0 Å². The van der Waals surface area contributed by atoms with Crippen LogP contribution in [-0.4, -0.2) is 41.1 Å². The average molecular weight is 270 g/mol. The van der Waals surface area contributed by atoms with E-state index in [9.17, 15) is 0 Å². The highest BCUT2D eigenvalue weighted by molar-refractivity contribution is 6.30. The highest BCUT2D eigenvalue weighted by Gasteiger charge is 2.20. The van der Waals surface area contributed by atoms with E-state index in [4.69, 9.17) is 16.3 Å². The topological polar surface area (TPSA) is 38.2 Å². The molecule has 18 heavy (non-hydrogen) atoms. The number of aromatic nitrogens is 2. The van der Waals surface area contributed by atoms with Gasteiger partial charge in [0, 0.05) is 25.1 Å². The van der Waals surface area contributed by atoms with Gasteiger partial charge in [0.2, 0.25) is 5.88 Å². The summed E-state index contributed by atoms with van der Waals surface area (Å²) in [4.78, 5) is 11.0. The smallest absolute Gasteiger partial charge is 0.221 e. The van der Waals surface area contributed by atoms with Crippen LogP contribution in [0.4, 0.5) is 0 Å². The molecule has 0 bridgehead atoms. The zero-order chi connectivity index (χ0) is 13.1. The Labute approximate surface area is 113 Å². The Morgan fingerprint density at radius 1 is 1.33 bits per heavy atom. The molecule has 5 heteroatoms. The Morgan fingerprint density at radius 2 is 2.00 bits per heavy atom. The summed E-state index contributed by atoms with van der Waals surface area (Å²) >= 11 is 6.10. The predicted molar refractivity (Wildman–Crippen MR) is 72.3 cm³/mol. The maximum absolute atomic E-state index is 6.10. The lowest BCUT2D eigenvalue weighted by Crippen LogP contribution is -2.36. The standard InChI is InChI=1S/C13H20ClN3O/c1-4-11-15-12(14)9(2)13(16-11)18-10-5-7-17(3)8-6-10/h10H,4-8H2,1-3H3. The summed E-state index contributed by atoms with van der Waals surface area (Å²) in [5, 5.41) is 0.504. The molecule has 0 amide bonds. The fraction of sp³-hybridized carbons (Fsp3) is 0.692. The van der Waals surface area contributed by atoms with Crippen LogP contribution in [0.15, 0.2) is 0 Å². The van der Waals surface area contributed by atoms with Crippen molar-refractivity contribution >= 4 is 11.6 Å². The van der Waals surface area contributed by atoms with Crippen LogP contribution in [0.2, 0.25) is 5.15 Å². The zero-order valence-corrected chi connectivity index (χ0v) is 12.0. The van der Waals surface area contributed by atoms with Crippen LogP contribution < -0.4 is 4.74 Å². The second kappa shape index (κ2) is 5.85. The van der Waals surface area contributed by atoms with Crippen LogP contribution in [0, 0.1) is 6.92 Å². The average Bonchev–Trinajstić information content (AvgIpc) is 2.37. The van der Waals surface area contributed by atoms with Crippen molar-refractivity contribution in [3.8, 4) is 5.88 Å². The summed E-state index contributed by atoms with van der Waals surface area (Å²) < 4.78 is 6.00. The van der Waals surface area contributed by atoms with Crippen molar-refractivity contribution in [1.82, 2.24) is 14.9 Å². The molecule has 0 aliphatic carbocycles. The first-order valence-corrected chi connectivity index (χ1v) is 6.86. The fourth-order valence-electron chi connectivity index (χ4n) is 2.04. The van der Waals surface area contributed by atoms with E-state index in [0.717, 1.165) is 43.7 Å². The highest BCUT2D eigenvalue weighted by Crippen LogP contribution is 2.25. The van der Waals surface area contributed by atoms with Gasteiger partial charge in [0.1, 0.15) is 17.1 Å². The zero-order valence-electron chi connectivity index (χ0n) is 11.2. The van der Waals surface area contributed by atoms with E-state index in [1.165, 1.54) is 0 Å². The minimum Gasteiger partial charge on any atom is -0.474 e. The number of ether oxygens (including phenoxy) is 1. The van der Waals surface area contributed by atoms with E-state index >= 15 is 0 Å². The fourth-order valence-corrected chi connectivity index (χ4v) is 2.22. The Kier molecular flexibility index (Phi) is 4.40. The molecule has 1 aromatic rings. The molecule has 2 rings (SSSR count). The van der Waals surface area contributed by atoms with Gasteiger partial charge in [-0.05, 0) is 26.8 Å². The van der Waals surface area contributed by atoms with E-state index in [-0.39, 0.29) is 6.10 Å². The quantitative estimate of drug-likeness (QED) is 0.790. The Bertz CT molecular complexity index is 417. The number of halogens is 1. The van der Waals surface area contributed by atoms with E-state index < -0.39 is 0 Å². The van der Waals surface area contributed by atoms with Crippen molar-refractivity contribution in [2.24, 2.45) is 0 Å². The molecule has 0 saturated carbocycles. The molecule has 0 atom stereocenters. The number of rotatable bonds is 3. The number of nitrogens with zero attached hydrogens (tertiary/aromatic N) is 3. The predicted octanol–water partition coefficient (Wildman–Crippen LogP) is 2.47. The second-order valence-electron chi connectivity index (χ2n) is 4.83. The summed E-state index contributed by atoms with van der Waals surface area (Å²) in [5.41, 5.74) is 0.841. The van der Waals surface area contributed by atoms with Gasteiger partial charge in [0.15, 0.2) is 0 Å². The summed E-state index contributed by atoms with van der Waals surface area (Å²) in [6.45, 7) is 6.07. The first kappa shape index (κ1) is 13.6. The number of hydrogen-bond donors (Lipinski definition) is 0. The summed E-state index contributed by atoms with van der Waals surface area (Å²) in [6, 6.07) is 0. The van der Waals surface area contributed by atoms with Crippen LogP contribution in [0.1, 0.15) is 31.2 Å². The Balaban J connectivity index is 2.10. The largest absolute Gasteiger partial charge is 0.474 e. The van der Waals surface area contributed by atoms with E-state index in [2.05, 4.69) is 21.9 Å². The first-order chi connectivity index (χ1) is 8.60. The third kappa shape index (κ3) is 3.12. The molecule has 0 unspecified atom stereocenters. The number of likely N-dealkylation sites (tertiary alicyclic amines) is 1. The van der Waals surface area contributed by atoms with Gasteiger partial charge in [-0.15, -0.1) is 0 Å². The molecule has 1 aliphatic heterocycles. The Morgan fingerprint density at radius 3 is 2.61 bits per heavy atom. The lowest BCUT2D eigenvalue weighted by Gasteiger charge is -2.29. The van der Waals surface area contributed by atoms with Gasteiger partial charge in [0.25, 0.3) is 0 Å². The molecule has 4 nitrogen and oxygen atoms in total. The summed E-state index contributed by atoms with van der Waals surface area (Å²) in [5.74, 6) is 1.40. The minimum atomic E-state index is 0.246. The van der Waals surface area contributed by atoms with Crippen molar-refractivity contribution in [2.45, 2.75) is 39.2 Å². The third-order valence-corrected chi connectivity index (χ3v) is 3.72. The maximum atomic E-state index is 6.10. The Hall–Kier alpha value is -0.870. The summed E-state index contributed by atoms with van der Waals surface area (Å²) in [7, 11) is 2.14. The molecule has 1 aromatic heterocycles. The minimum absolute atomic E-state index is 0.246. The van der Waals surface area contributed by atoms with Crippen molar-refractivity contribution in [2.75, 3.05) is 20.1 Å². The SMILES string of the molecule is CCc1nc(Cl)c(C)c(OC2CCN(C)CC2)n1. The molecule has 2 heterocycles.